The van der Waals surface area contributed by atoms with Crippen molar-refractivity contribution < 1.29 is 9.44 Å². The smallest absolute Gasteiger partial charge is 0.258 e. The van der Waals surface area contributed by atoms with Gasteiger partial charge in [0.1, 0.15) is 5.39 Å². The predicted octanol–water partition coefficient (Wildman–Crippen LogP) is 1.67. The second kappa shape index (κ2) is 4.98. The van der Waals surface area contributed by atoms with Gasteiger partial charge in [0.25, 0.3) is 11.2 Å². The number of aryl methyl sites for hydroxylation is 1. The van der Waals surface area contributed by atoms with E-state index in [4.69, 9.17) is 0 Å². The Labute approximate surface area is 134 Å². The summed E-state index contributed by atoms with van der Waals surface area (Å²) in [5.74, 6) is 0. The summed E-state index contributed by atoms with van der Waals surface area (Å²) >= 11 is 0. The molecule has 0 atom stereocenters. The monoisotopic (exact) mass is 322 g/mol. The average Bonchev–Trinajstić information content (AvgIpc) is 2.92. The fraction of sp³-hybridized carbons (Fsp3) is 0.0625. The molecule has 1 aromatic carbocycles. The lowest BCUT2D eigenvalue weighted by Gasteiger charge is -1.97. The number of hydrogen-bond acceptors (Lipinski definition) is 4. The molecule has 4 aromatic rings. The van der Waals surface area contributed by atoms with Crippen LogP contribution in [0.25, 0.3) is 22.1 Å². The number of H-pyrrole nitrogens is 1. The van der Waals surface area contributed by atoms with E-state index in [1.54, 1.807) is 47.1 Å². The lowest BCUT2D eigenvalue weighted by atomic mass is 10.2. The van der Waals surface area contributed by atoms with Crippen LogP contribution < -0.4 is 10.1 Å². The van der Waals surface area contributed by atoms with E-state index in [2.05, 4.69) is 10.2 Å². The van der Waals surface area contributed by atoms with E-state index in [1.807, 2.05) is 6.92 Å². The maximum Gasteiger partial charge on any atom is 0.406 e. The van der Waals surface area contributed by atoms with Crippen molar-refractivity contribution in [1.29, 1.82) is 0 Å². The minimum absolute atomic E-state index is 0.101. The molecule has 24 heavy (non-hydrogen) atoms. The Bertz CT molecular complexity index is 1160. The van der Waals surface area contributed by atoms with Crippen molar-refractivity contribution >= 4 is 22.1 Å². The molecule has 118 valence electrons. The first-order chi connectivity index (χ1) is 11.6. The summed E-state index contributed by atoms with van der Waals surface area (Å²) in [7, 11) is 0. The van der Waals surface area contributed by atoms with E-state index in [9.17, 15) is 14.9 Å². The number of rotatable bonds is 2. The van der Waals surface area contributed by atoms with Crippen molar-refractivity contribution in [2.75, 3.05) is 0 Å². The van der Waals surface area contributed by atoms with E-state index in [0.29, 0.717) is 16.6 Å². The highest BCUT2D eigenvalue weighted by Gasteiger charge is 2.25. The number of fused-ring (bicyclic) bond motifs is 3. The van der Waals surface area contributed by atoms with Crippen molar-refractivity contribution in [3.05, 3.63) is 74.8 Å². The van der Waals surface area contributed by atoms with Gasteiger partial charge in [-0.2, -0.15) is 0 Å². The van der Waals surface area contributed by atoms with Crippen LogP contribution in [0.1, 0.15) is 5.69 Å². The second-order valence-corrected chi connectivity index (χ2v) is 5.42. The Morgan fingerprint density at radius 1 is 1.21 bits per heavy atom. The van der Waals surface area contributed by atoms with Crippen molar-refractivity contribution in [3.8, 4) is 5.69 Å². The number of aromatic nitrogens is 4. The van der Waals surface area contributed by atoms with Crippen molar-refractivity contribution in [1.82, 2.24) is 14.9 Å². The Hall–Kier alpha value is -3.55. The quantitative estimate of drug-likeness (QED) is 0.345. The van der Waals surface area contributed by atoms with Crippen molar-refractivity contribution in [2.45, 2.75) is 6.92 Å². The third-order valence-electron chi connectivity index (χ3n) is 3.91. The van der Waals surface area contributed by atoms with Crippen LogP contribution in [0.5, 0.6) is 0 Å². The topological polar surface area (TPSA) is 97.9 Å². The average molecular weight is 322 g/mol. The number of hydrogen-bond donors (Lipinski definition) is 1. The van der Waals surface area contributed by atoms with Gasteiger partial charge in [0, 0.05) is 5.69 Å². The predicted molar refractivity (Wildman–Crippen MR) is 86.2 cm³/mol. The summed E-state index contributed by atoms with van der Waals surface area (Å²) in [6, 6.07) is 11.7. The third-order valence-corrected chi connectivity index (χ3v) is 3.91. The molecule has 0 fully saturated rings. The highest BCUT2D eigenvalue weighted by molar-refractivity contribution is 5.87. The zero-order chi connectivity index (χ0) is 16.8. The summed E-state index contributed by atoms with van der Waals surface area (Å²) in [4.78, 5) is 27.7. The molecule has 0 aliphatic carbocycles. The molecule has 0 radical (unpaired) electrons. The standard InChI is InChI=1S/C16H11N5O3/c1-10-6-7-11(9-17-10)19-16(22)15-8-14(21(23)24)12-4-2-3-5-13(12)20(15)18-19/h2-9H,1H3/p+1. The normalized spacial score (nSPS) is 11.2. The van der Waals surface area contributed by atoms with E-state index in [-0.39, 0.29) is 16.8 Å². The molecule has 8 nitrogen and oxygen atoms in total. The van der Waals surface area contributed by atoms with E-state index < -0.39 is 4.92 Å². The summed E-state index contributed by atoms with van der Waals surface area (Å²) in [6.07, 6.45) is 1.57. The summed E-state index contributed by atoms with van der Waals surface area (Å²) in [5, 5.41) is 14.8. The minimum atomic E-state index is -0.480. The van der Waals surface area contributed by atoms with Gasteiger partial charge in [-0.3, -0.25) is 15.1 Å². The van der Waals surface area contributed by atoms with Crippen LogP contribution in [0.15, 0.2) is 53.5 Å². The molecular formula is C16H12N5O3+. The maximum absolute atomic E-state index is 12.7. The van der Waals surface area contributed by atoms with Gasteiger partial charge in [-0.1, -0.05) is 22.0 Å². The van der Waals surface area contributed by atoms with E-state index in [0.717, 1.165) is 5.69 Å². The van der Waals surface area contributed by atoms with Crippen LogP contribution in [0.4, 0.5) is 5.69 Å². The molecule has 0 saturated carbocycles. The number of pyridine rings is 2. The zero-order valence-electron chi connectivity index (χ0n) is 12.6. The van der Waals surface area contributed by atoms with Gasteiger partial charge in [-0.05, 0) is 31.2 Å². The fourth-order valence-electron chi connectivity index (χ4n) is 2.73. The molecule has 3 aromatic heterocycles. The number of nitrogens with one attached hydrogen (secondary N) is 1. The fourth-order valence-corrected chi connectivity index (χ4v) is 2.73. The molecule has 0 spiro atoms. The van der Waals surface area contributed by atoms with Crippen LogP contribution >= 0.6 is 0 Å². The van der Waals surface area contributed by atoms with E-state index in [1.165, 1.54) is 10.7 Å². The van der Waals surface area contributed by atoms with Gasteiger partial charge in [0.2, 0.25) is 0 Å². The van der Waals surface area contributed by atoms with Crippen LogP contribution in [0, 0.1) is 17.0 Å². The number of para-hydroxylation sites is 1. The molecular weight excluding hydrogens is 310 g/mol. The van der Waals surface area contributed by atoms with Crippen LogP contribution in [0.2, 0.25) is 0 Å². The van der Waals surface area contributed by atoms with Crippen LogP contribution in [-0.2, 0) is 0 Å². The molecule has 0 aliphatic heterocycles. The Morgan fingerprint density at radius 3 is 2.71 bits per heavy atom. The van der Waals surface area contributed by atoms with Crippen LogP contribution in [0.3, 0.4) is 0 Å². The zero-order valence-corrected chi connectivity index (χ0v) is 12.6. The molecule has 0 amide bonds. The molecule has 0 bridgehead atoms. The molecule has 4 rings (SSSR count). The first-order valence-corrected chi connectivity index (χ1v) is 7.22. The molecule has 3 heterocycles. The molecule has 1 N–H and O–H groups in total. The van der Waals surface area contributed by atoms with Gasteiger partial charge in [-0.15, -0.1) is 4.52 Å². The molecule has 8 heteroatoms. The lowest BCUT2D eigenvalue weighted by molar-refractivity contribution is -0.556. The largest absolute Gasteiger partial charge is 0.406 e. The molecule has 0 saturated heterocycles. The molecule has 0 unspecified atom stereocenters. The summed E-state index contributed by atoms with van der Waals surface area (Å²) in [5.41, 5.74) is 1.65. The van der Waals surface area contributed by atoms with Crippen molar-refractivity contribution in [2.24, 2.45) is 0 Å². The Morgan fingerprint density at radius 2 is 2.00 bits per heavy atom. The highest BCUT2D eigenvalue weighted by atomic mass is 16.6. The first kappa shape index (κ1) is 14.1. The second-order valence-electron chi connectivity index (χ2n) is 5.42. The van der Waals surface area contributed by atoms with Crippen molar-refractivity contribution in [3.63, 3.8) is 0 Å². The Balaban J connectivity index is 2.12. The first-order valence-electron chi connectivity index (χ1n) is 7.22. The van der Waals surface area contributed by atoms with Gasteiger partial charge < -0.3 is 0 Å². The SMILES string of the molecule is Cc1ccc(-n2[nH][n+]3c(cc([N+](=O)[O-])c4ccccc43)c2=O)cn1. The number of aromatic amines is 1. The number of nitrogens with zero attached hydrogens (tertiary/aromatic N) is 4. The van der Waals surface area contributed by atoms with Gasteiger partial charge in [-0.25, -0.2) is 4.79 Å². The summed E-state index contributed by atoms with van der Waals surface area (Å²) < 4.78 is 2.86. The Kier molecular flexibility index (Phi) is 2.92. The highest BCUT2D eigenvalue weighted by Crippen LogP contribution is 2.23. The third kappa shape index (κ3) is 1.97. The van der Waals surface area contributed by atoms with E-state index >= 15 is 0 Å². The number of nitro groups is 1. The van der Waals surface area contributed by atoms with Crippen LogP contribution in [-0.4, -0.2) is 19.8 Å². The van der Waals surface area contributed by atoms with Gasteiger partial charge >= 0.3 is 5.56 Å². The summed E-state index contributed by atoms with van der Waals surface area (Å²) in [6.45, 7) is 1.85. The lowest BCUT2D eigenvalue weighted by Crippen LogP contribution is -2.26. The van der Waals surface area contributed by atoms with Gasteiger partial charge in [0.15, 0.2) is 11.2 Å². The van der Waals surface area contributed by atoms with Gasteiger partial charge in [0.05, 0.1) is 17.2 Å². The maximum atomic E-state index is 12.7. The minimum Gasteiger partial charge on any atom is -0.258 e. The number of benzene rings is 1. The molecule has 0 aliphatic rings.